The normalized spacial score (nSPS) is 16.6. The molecule has 0 saturated carbocycles. The maximum Gasteiger partial charge on any atom is 0.394 e. The van der Waals surface area contributed by atoms with Crippen molar-refractivity contribution in [2.24, 2.45) is 0 Å². The van der Waals surface area contributed by atoms with Gasteiger partial charge in [0.15, 0.2) is 5.50 Å². The van der Waals surface area contributed by atoms with Crippen LogP contribution in [0.15, 0.2) is 0 Å². The first kappa shape index (κ1) is 16.5. The third-order valence-corrected chi connectivity index (χ3v) is 2.09. The zero-order valence-corrected chi connectivity index (χ0v) is 10.1. The zero-order chi connectivity index (χ0) is 12.2. The highest BCUT2D eigenvalue weighted by atomic mass is 35.5. The van der Waals surface area contributed by atoms with Crippen molar-refractivity contribution in [1.29, 1.82) is 0 Å². The van der Waals surface area contributed by atoms with Crippen molar-refractivity contribution in [1.82, 2.24) is 0 Å². The van der Waals surface area contributed by atoms with E-state index in [2.05, 4.69) is 0 Å². The summed E-state index contributed by atoms with van der Waals surface area (Å²) in [6.07, 6.45) is -0.452. The van der Waals surface area contributed by atoms with Gasteiger partial charge < -0.3 is 9.59 Å². The van der Waals surface area contributed by atoms with Gasteiger partial charge in [0.1, 0.15) is 6.10 Å². The van der Waals surface area contributed by atoms with Crippen LogP contribution >= 0.6 is 11.6 Å². The second-order valence-corrected chi connectivity index (χ2v) is 5.02. The van der Waals surface area contributed by atoms with Crippen molar-refractivity contribution in [3.63, 3.8) is 0 Å². The van der Waals surface area contributed by atoms with Crippen LogP contribution in [0.4, 0.5) is 0 Å². The predicted octanol–water partition coefficient (Wildman–Crippen LogP) is -0.0145. The standard InChI is InChI=1S/C6H15ClNO.H2O4S/c1-5(9)6(7)8(2,3)4;1-5(2,3)4/h5-6,9H,1-4H3;(H2,1,2,3,4)/q+1;. The minimum absolute atomic E-state index is 0.218. The van der Waals surface area contributed by atoms with E-state index < -0.39 is 16.5 Å². The highest BCUT2D eigenvalue weighted by Crippen LogP contribution is 2.11. The van der Waals surface area contributed by atoms with Crippen LogP contribution in [-0.2, 0) is 10.4 Å². The maximum absolute atomic E-state index is 9.01. The SMILES string of the molecule is CC(O)C(Cl)[N+](C)(C)C.O=S(=O)(O)O. The van der Waals surface area contributed by atoms with Gasteiger partial charge in [0, 0.05) is 0 Å². The van der Waals surface area contributed by atoms with Crippen LogP contribution in [0.5, 0.6) is 0 Å². The number of quaternary nitrogens is 1. The van der Waals surface area contributed by atoms with Gasteiger partial charge >= 0.3 is 10.4 Å². The second-order valence-electron chi connectivity index (χ2n) is 3.68. The molecule has 0 aromatic carbocycles. The summed E-state index contributed by atoms with van der Waals surface area (Å²) in [7, 11) is 1.18. The van der Waals surface area contributed by atoms with E-state index in [1.54, 1.807) is 6.92 Å². The molecule has 14 heavy (non-hydrogen) atoms. The second kappa shape index (κ2) is 5.84. The monoisotopic (exact) mass is 250 g/mol. The van der Waals surface area contributed by atoms with E-state index in [1.165, 1.54) is 0 Å². The molecular weight excluding hydrogens is 234 g/mol. The molecule has 8 heteroatoms. The number of aliphatic hydroxyl groups is 1. The summed E-state index contributed by atoms with van der Waals surface area (Å²) < 4.78 is 32.2. The Morgan fingerprint density at radius 3 is 1.43 bits per heavy atom. The van der Waals surface area contributed by atoms with Crippen molar-refractivity contribution < 1.29 is 27.1 Å². The predicted molar refractivity (Wildman–Crippen MR) is 53.5 cm³/mol. The van der Waals surface area contributed by atoms with E-state index in [4.69, 9.17) is 34.2 Å². The Bertz CT molecular complexity index is 237. The lowest BCUT2D eigenvalue weighted by atomic mass is 10.3. The van der Waals surface area contributed by atoms with E-state index >= 15 is 0 Å². The van der Waals surface area contributed by atoms with Crippen molar-refractivity contribution in [2.45, 2.75) is 18.5 Å². The summed E-state index contributed by atoms with van der Waals surface area (Å²) in [5.74, 6) is 0. The molecule has 0 bridgehead atoms. The van der Waals surface area contributed by atoms with Crippen molar-refractivity contribution in [2.75, 3.05) is 21.1 Å². The van der Waals surface area contributed by atoms with Crippen LogP contribution in [0, 0.1) is 0 Å². The first-order chi connectivity index (χ1) is 5.85. The van der Waals surface area contributed by atoms with Gasteiger partial charge in [0.05, 0.1) is 21.1 Å². The topological polar surface area (TPSA) is 94.8 Å². The minimum atomic E-state index is -4.67. The quantitative estimate of drug-likeness (QED) is 0.277. The average Bonchev–Trinajstić information content (AvgIpc) is 1.79. The van der Waals surface area contributed by atoms with Crippen LogP contribution in [-0.4, -0.2) is 59.9 Å². The molecule has 6 nitrogen and oxygen atoms in total. The number of nitrogens with zero attached hydrogens (tertiary/aromatic N) is 1. The molecule has 3 N–H and O–H groups in total. The number of halogens is 1. The zero-order valence-electron chi connectivity index (χ0n) is 8.55. The van der Waals surface area contributed by atoms with Crippen LogP contribution in [0.1, 0.15) is 6.92 Å². The number of alkyl halides is 1. The summed E-state index contributed by atoms with van der Waals surface area (Å²) in [5, 5.41) is 9.01. The van der Waals surface area contributed by atoms with Crippen molar-refractivity contribution in [3.05, 3.63) is 0 Å². The Labute approximate surface area is 89.3 Å². The van der Waals surface area contributed by atoms with E-state index in [9.17, 15) is 0 Å². The molecule has 0 aliphatic carbocycles. The number of aliphatic hydroxyl groups excluding tert-OH is 1. The summed E-state index contributed by atoms with van der Waals surface area (Å²) in [6.45, 7) is 1.70. The molecule has 0 aliphatic rings. The third kappa shape index (κ3) is 14.6. The number of likely N-dealkylation sites (N-methyl/N-ethyl adjacent to an activating group) is 1. The fourth-order valence-corrected chi connectivity index (χ4v) is 0.647. The molecule has 0 aliphatic heterocycles. The van der Waals surface area contributed by atoms with Crippen molar-refractivity contribution >= 4 is 22.0 Å². The van der Waals surface area contributed by atoms with Gasteiger partial charge in [0.25, 0.3) is 0 Å². The fraction of sp³-hybridized carbons (Fsp3) is 1.00. The fourth-order valence-electron chi connectivity index (χ4n) is 0.647. The highest BCUT2D eigenvalue weighted by Gasteiger charge is 2.25. The van der Waals surface area contributed by atoms with Crippen LogP contribution in [0.2, 0.25) is 0 Å². The molecule has 0 spiro atoms. The molecule has 0 fully saturated rings. The van der Waals surface area contributed by atoms with Crippen LogP contribution < -0.4 is 0 Å². The van der Waals surface area contributed by atoms with Crippen LogP contribution in [0.25, 0.3) is 0 Å². The summed E-state index contributed by atoms with van der Waals surface area (Å²) in [6, 6.07) is 0. The van der Waals surface area contributed by atoms with Gasteiger partial charge in [-0.1, -0.05) is 11.6 Å². The molecule has 0 radical (unpaired) electrons. The summed E-state index contributed by atoms with van der Waals surface area (Å²) in [5.41, 5.74) is -0.218. The lowest BCUT2D eigenvalue weighted by Crippen LogP contribution is -2.47. The van der Waals surface area contributed by atoms with E-state index in [0.717, 1.165) is 0 Å². The minimum Gasteiger partial charge on any atom is -0.386 e. The molecule has 0 heterocycles. The molecule has 0 aromatic heterocycles. The highest BCUT2D eigenvalue weighted by molar-refractivity contribution is 7.79. The summed E-state index contributed by atoms with van der Waals surface area (Å²) >= 11 is 5.81. The number of rotatable bonds is 2. The van der Waals surface area contributed by atoms with E-state index in [-0.39, 0.29) is 5.50 Å². The number of hydrogen-bond acceptors (Lipinski definition) is 3. The molecule has 0 amide bonds. The van der Waals surface area contributed by atoms with E-state index in [0.29, 0.717) is 4.48 Å². The first-order valence-corrected chi connectivity index (χ1v) is 5.52. The summed E-state index contributed by atoms with van der Waals surface area (Å²) in [4.78, 5) is 0. The van der Waals surface area contributed by atoms with Gasteiger partial charge in [-0.25, -0.2) is 0 Å². The largest absolute Gasteiger partial charge is 0.394 e. The molecule has 0 saturated heterocycles. The lowest BCUT2D eigenvalue weighted by molar-refractivity contribution is -0.885. The van der Waals surface area contributed by atoms with Gasteiger partial charge in [-0.05, 0) is 6.92 Å². The molecular formula is C6H17ClNO5S+. The van der Waals surface area contributed by atoms with Gasteiger partial charge in [-0.15, -0.1) is 0 Å². The Hall–Kier alpha value is 0.0800. The molecule has 88 valence electrons. The molecule has 0 aromatic rings. The van der Waals surface area contributed by atoms with Gasteiger partial charge in [-0.3, -0.25) is 9.11 Å². The average molecular weight is 251 g/mol. The third-order valence-electron chi connectivity index (χ3n) is 1.14. The molecule has 2 unspecified atom stereocenters. The lowest BCUT2D eigenvalue weighted by Gasteiger charge is -2.31. The van der Waals surface area contributed by atoms with Crippen molar-refractivity contribution in [3.8, 4) is 0 Å². The number of hydrogen-bond donors (Lipinski definition) is 3. The van der Waals surface area contributed by atoms with Crippen LogP contribution in [0.3, 0.4) is 0 Å². The maximum atomic E-state index is 9.01. The Morgan fingerprint density at radius 1 is 1.21 bits per heavy atom. The van der Waals surface area contributed by atoms with Gasteiger partial charge in [-0.2, -0.15) is 8.42 Å². The Morgan fingerprint density at radius 2 is 1.43 bits per heavy atom. The Kier molecular flexibility index (Phi) is 6.88. The molecule has 0 rings (SSSR count). The first-order valence-electron chi connectivity index (χ1n) is 3.69. The Balaban J connectivity index is 0. The van der Waals surface area contributed by atoms with E-state index in [1.807, 2.05) is 21.1 Å². The van der Waals surface area contributed by atoms with Gasteiger partial charge in [0.2, 0.25) is 0 Å². The molecule has 2 atom stereocenters. The smallest absolute Gasteiger partial charge is 0.386 e.